The van der Waals surface area contributed by atoms with Gasteiger partial charge < -0.3 is 19.7 Å². The van der Waals surface area contributed by atoms with Crippen molar-refractivity contribution in [1.29, 1.82) is 0 Å². The average molecular weight is 650 g/mol. The van der Waals surface area contributed by atoms with Gasteiger partial charge in [-0.05, 0) is 76.3 Å². The Bertz CT molecular complexity index is 1430. The minimum absolute atomic E-state index is 0.0186. The molecular formula is C31H43N3O8S2. The molecular weight excluding hydrogens is 606 g/mol. The van der Waals surface area contributed by atoms with Crippen LogP contribution in [0.3, 0.4) is 0 Å². The third-order valence-corrected chi connectivity index (χ3v) is 11.6. The molecule has 2 aliphatic rings. The van der Waals surface area contributed by atoms with Gasteiger partial charge in [0.1, 0.15) is 10.3 Å². The van der Waals surface area contributed by atoms with Crippen molar-refractivity contribution in [3.63, 3.8) is 0 Å². The molecule has 2 aliphatic heterocycles. The molecule has 11 nitrogen and oxygen atoms in total. The van der Waals surface area contributed by atoms with Gasteiger partial charge in [-0.15, -0.1) is 11.3 Å². The van der Waals surface area contributed by atoms with Gasteiger partial charge in [0.25, 0.3) is 0 Å². The summed E-state index contributed by atoms with van der Waals surface area (Å²) >= 11 is 1.34. The zero-order valence-corrected chi connectivity index (χ0v) is 27.5. The maximum absolute atomic E-state index is 13.6. The number of hydroxylamine groups is 1. The third kappa shape index (κ3) is 8.80. The minimum atomic E-state index is -3.63. The van der Waals surface area contributed by atoms with Crippen LogP contribution in [0.1, 0.15) is 77.0 Å². The number of amides is 3. The highest BCUT2D eigenvalue weighted by Gasteiger charge is 2.49. The number of nitrogens with one attached hydrogen (secondary N) is 2. The van der Waals surface area contributed by atoms with Gasteiger partial charge in [-0.2, -0.15) is 0 Å². The fourth-order valence-corrected chi connectivity index (χ4v) is 9.03. The molecule has 0 aliphatic carbocycles. The second-order valence-electron chi connectivity index (χ2n) is 12.3. The minimum Gasteiger partial charge on any atom is -0.444 e. The Hall–Kier alpha value is -3.00. The Balaban J connectivity index is 1.44. The Morgan fingerprint density at radius 1 is 1.09 bits per heavy atom. The highest BCUT2D eigenvalue weighted by molar-refractivity contribution is 7.92. The summed E-state index contributed by atoms with van der Waals surface area (Å²) in [7, 11) is -2.05. The summed E-state index contributed by atoms with van der Waals surface area (Å²) in [6.45, 7) is 6.10. The van der Waals surface area contributed by atoms with E-state index in [4.69, 9.17) is 14.3 Å². The van der Waals surface area contributed by atoms with Crippen LogP contribution in [0.2, 0.25) is 0 Å². The van der Waals surface area contributed by atoms with Gasteiger partial charge in [0.2, 0.25) is 11.8 Å². The second-order valence-corrected chi connectivity index (χ2v) is 15.8. The summed E-state index contributed by atoms with van der Waals surface area (Å²) in [5, 5.41) is 2.87. The van der Waals surface area contributed by atoms with E-state index in [1.807, 2.05) is 24.3 Å². The number of hydrogen-bond acceptors (Lipinski definition) is 9. The molecule has 2 fully saturated rings. The van der Waals surface area contributed by atoms with Crippen LogP contribution < -0.4 is 10.8 Å². The van der Waals surface area contributed by atoms with Crippen LogP contribution in [-0.4, -0.2) is 69.1 Å². The maximum Gasteiger partial charge on any atom is 0.410 e. The number of carbonyl (C=O) groups is 3. The van der Waals surface area contributed by atoms with Crippen LogP contribution in [0.25, 0.3) is 10.4 Å². The number of benzene rings is 1. The first-order valence-corrected chi connectivity index (χ1v) is 17.5. The predicted molar refractivity (Wildman–Crippen MR) is 169 cm³/mol. The maximum atomic E-state index is 13.6. The average Bonchev–Trinajstić information content (AvgIpc) is 3.47. The molecule has 2 N–H and O–H groups in total. The molecule has 2 atom stereocenters. The Labute approximate surface area is 263 Å². The monoisotopic (exact) mass is 649 g/mol. The third-order valence-electron chi connectivity index (χ3n) is 7.59. The van der Waals surface area contributed by atoms with E-state index in [0.717, 1.165) is 23.3 Å². The summed E-state index contributed by atoms with van der Waals surface area (Å²) in [6, 6.07) is 10.9. The number of sulfone groups is 1. The lowest BCUT2D eigenvalue weighted by Crippen LogP contribution is -2.45. The first-order valence-electron chi connectivity index (χ1n) is 15.0. The van der Waals surface area contributed by atoms with E-state index in [1.54, 1.807) is 40.0 Å². The number of thiophene rings is 1. The number of rotatable bonds is 10. The van der Waals surface area contributed by atoms with Crippen molar-refractivity contribution in [2.75, 3.05) is 31.3 Å². The Morgan fingerprint density at radius 2 is 1.89 bits per heavy atom. The quantitative estimate of drug-likeness (QED) is 0.328. The van der Waals surface area contributed by atoms with Crippen molar-refractivity contribution in [1.82, 2.24) is 10.4 Å². The molecule has 2 saturated heterocycles. The predicted octanol–water partition coefficient (Wildman–Crippen LogP) is 5.37. The van der Waals surface area contributed by atoms with Crippen molar-refractivity contribution in [2.24, 2.45) is 0 Å². The molecule has 4 rings (SSSR count). The molecule has 13 heteroatoms. The highest BCUT2D eigenvalue weighted by atomic mass is 32.2. The van der Waals surface area contributed by atoms with E-state index >= 15 is 0 Å². The van der Waals surface area contributed by atoms with E-state index in [1.165, 1.54) is 16.2 Å². The van der Waals surface area contributed by atoms with Crippen LogP contribution >= 0.6 is 11.3 Å². The van der Waals surface area contributed by atoms with Crippen LogP contribution in [0, 0.1) is 0 Å². The zero-order valence-electron chi connectivity index (χ0n) is 25.8. The fourth-order valence-electron chi connectivity index (χ4n) is 5.26. The number of nitrogens with zero attached hydrogens (tertiary/aromatic N) is 1. The second kappa shape index (κ2) is 14.4. The lowest BCUT2D eigenvalue weighted by molar-refractivity contribution is -0.200. The molecule has 44 heavy (non-hydrogen) atoms. The standard InChI is InChI=1S/C31H43N3O8S2/c1-30(2,3)41-29(37)34(4)17-15-26(35)32-23-11-9-10-22(20-23)24-13-14-25(43-24)31(16-6-8-19-44(31,38)39)21-27(36)33-42-28-12-5-7-18-40-28/h9-11,13-14,20,28H,5-8,12,15-19,21H2,1-4H3,(H,32,35)(H,33,36)/t28?,31-/m0/s1. The molecule has 2 aromatic rings. The van der Waals surface area contributed by atoms with E-state index in [9.17, 15) is 22.8 Å². The van der Waals surface area contributed by atoms with Gasteiger partial charge in [-0.25, -0.2) is 23.5 Å². The smallest absolute Gasteiger partial charge is 0.410 e. The van der Waals surface area contributed by atoms with Crippen LogP contribution in [-0.2, 0) is 38.5 Å². The first kappa shape index (κ1) is 33.9. The fraction of sp³-hybridized carbons (Fsp3) is 0.581. The van der Waals surface area contributed by atoms with Gasteiger partial charge in [-0.1, -0.05) is 18.6 Å². The van der Waals surface area contributed by atoms with E-state index in [-0.39, 0.29) is 31.0 Å². The van der Waals surface area contributed by atoms with Crippen molar-refractivity contribution in [2.45, 2.75) is 88.8 Å². The molecule has 1 aromatic carbocycles. The van der Waals surface area contributed by atoms with Gasteiger partial charge in [0, 0.05) is 48.5 Å². The van der Waals surface area contributed by atoms with E-state index in [0.29, 0.717) is 42.9 Å². The molecule has 0 radical (unpaired) electrons. The Morgan fingerprint density at radius 3 is 2.59 bits per heavy atom. The van der Waals surface area contributed by atoms with Gasteiger partial charge in [0.05, 0.1) is 12.2 Å². The van der Waals surface area contributed by atoms with Crippen molar-refractivity contribution >= 4 is 44.8 Å². The largest absolute Gasteiger partial charge is 0.444 e. The lowest BCUT2D eigenvalue weighted by Gasteiger charge is -2.35. The summed E-state index contributed by atoms with van der Waals surface area (Å²) in [5.41, 5.74) is 3.19. The Kier molecular flexibility index (Phi) is 11.1. The van der Waals surface area contributed by atoms with Crippen molar-refractivity contribution in [3.8, 4) is 10.4 Å². The summed E-state index contributed by atoms with van der Waals surface area (Å²) in [6.07, 6.45) is 2.96. The molecule has 0 saturated carbocycles. The highest BCUT2D eigenvalue weighted by Crippen LogP contribution is 2.47. The van der Waals surface area contributed by atoms with Crippen molar-refractivity contribution < 1.29 is 37.1 Å². The molecule has 1 aromatic heterocycles. The number of ether oxygens (including phenoxy) is 2. The SMILES string of the molecule is CN(CCC(=O)Nc1cccc(-c2ccc([C@@]3(CC(=O)NOC4CCCCO4)CCCCS3(=O)=O)s2)c1)C(=O)OC(C)(C)C. The molecule has 0 spiro atoms. The molecule has 3 amide bonds. The van der Waals surface area contributed by atoms with Gasteiger partial charge in [0.15, 0.2) is 16.1 Å². The van der Waals surface area contributed by atoms with Gasteiger partial charge >= 0.3 is 6.09 Å². The van der Waals surface area contributed by atoms with Crippen LogP contribution in [0.4, 0.5) is 10.5 Å². The van der Waals surface area contributed by atoms with Crippen LogP contribution in [0.5, 0.6) is 0 Å². The summed E-state index contributed by atoms with van der Waals surface area (Å²) < 4.78 is 36.6. The van der Waals surface area contributed by atoms with Crippen LogP contribution in [0.15, 0.2) is 36.4 Å². The van der Waals surface area contributed by atoms with Crippen molar-refractivity contribution in [3.05, 3.63) is 41.3 Å². The summed E-state index contributed by atoms with van der Waals surface area (Å²) in [5.74, 6) is -0.741. The molecule has 0 bridgehead atoms. The summed E-state index contributed by atoms with van der Waals surface area (Å²) in [4.78, 5) is 46.1. The number of carbonyl (C=O) groups excluding carboxylic acids is 3. The normalized spacial score (nSPS) is 21.7. The topological polar surface area (TPSA) is 140 Å². The van der Waals surface area contributed by atoms with Gasteiger partial charge in [-0.3, -0.25) is 9.59 Å². The zero-order chi connectivity index (χ0) is 32.0. The molecule has 242 valence electrons. The van der Waals surface area contributed by atoms with E-state index < -0.39 is 38.5 Å². The molecule has 1 unspecified atom stereocenters. The molecule has 3 heterocycles. The number of hydrogen-bond donors (Lipinski definition) is 2. The number of anilines is 1. The lowest BCUT2D eigenvalue weighted by atomic mass is 9.94. The van der Waals surface area contributed by atoms with E-state index in [2.05, 4.69) is 10.8 Å². The first-order chi connectivity index (χ1) is 20.8.